The molecule has 4 heteroatoms. The number of hydrogen-bond acceptors (Lipinski definition) is 2. The molecule has 0 aliphatic heterocycles. The van der Waals surface area contributed by atoms with E-state index in [2.05, 4.69) is 39.0 Å². The number of benzene rings is 1. The van der Waals surface area contributed by atoms with E-state index in [1.54, 1.807) is 0 Å². The summed E-state index contributed by atoms with van der Waals surface area (Å²) in [5.74, 6) is 1.69. The SMILES string of the molecule is Clc1nnc(C2CC2)n1C1Cc2ccccc2C1. The van der Waals surface area contributed by atoms with Crippen LogP contribution in [0.15, 0.2) is 24.3 Å². The van der Waals surface area contributed by atoms with Crippen LogP contribution in [-0.2, 0) is 12.8 Å². The van der Waals surface area contributed by atoms with E-state index in [1.165, 1.54) is 24.0 Å². The van der Waals surface area contributed by atoms with E-state index in [-0.39, 0.29) is 0 Å². The second-order valence-electron chi connectivity index (χ2n) is 5.30. The summed E-state index contributed by atoms with van der Waals surface area (Å²) >= 11 is 6.23. The van der Waals surface area contributed by atoms with E-state index in [1.807, 2.05) is 0 Å². The maximum atomic E-state index is 6.23. The average molecular weight is 260 g/mol. The van der Waals surface area contributed by atoms with Crippen LogP contribution in [0.4, 0.5) is 0 Å². The van der Waals surface area contributed by atoms with E-state index in [4.69, 9.17) is 11.6 Å². The maximum Gasteiger partial charge on any atom is 0.225 e. The summed E-state index contributed by atoms with van der Waals surface area (Å²) in [5, 5.41) is 8.88. The molecule has 2 aliphatic rings. The van der Waals surface area contributed by atoms with Crippen LogP contribution < -0.4 is 0 Å². The van der Waals surface area contributed by atoms with E-state index in [0.29, 0.717) is 17.2 Å². The van der Waals surface area contributed by atoms with Gasteiger partial charge in [-0.2, -0.15) is 0 Å². The summed E-state index contributed by atoms with van der Waals surface area (Å²) in [7, 11) is 0. The monoisotopic (exact) mass is 259 g/mol. The topological polar surface area (TPSA) is 30.7 Å². The number of halogens is 1. The molecule has 0 saturated heterocycles. The van der Waals surface area contributed by atoms with Gasteiger partial charge in [0.05, 0.1) is 0 Å². The highest BCUT2D eigenvalue weighted by Crippen LogP contribution is 2.42. The van der Waals surface area contributed by atoms with Crippen LogP contribution in [0.2, 0.25) is 5.28 Å². The van der Waals surface area contributed by atoms with Crippen LogP contribution in [0.5, 0.6) is 0 Å². The minimum atomic E-state index is 0.403. The second-order valence-corrected chi connectivity index (χ2v) is 5.64. The molecule has 1 fully saturated rings. The molecule has 0 spiro atoms. The van der Waals surface area contributed by atoms with Gasteiger partial charge in [-0.1, -0.05) is 24.3 Å². The van der Waals surface area contributed by atoms with E-state index in [9.17, 15) is 0 Å². The largest absolute Gasteiger partial charge is 0.298 e. The van der Waals surface area contributed by atoms with Gasteiger partial charge in [-0.25, -0.2) is 0 Å². The zero-order chi connectivity index (χ0) is 12.1. The highest BCUT2D eigenvalue weighted by atomic mass is 35.5. The molecule has 1 aromatic heterocycles. The average Bonchev–Trinajstić information content (AvgIpc) is 3.01. The first-order chi connectivity index (χ1) is 8.83. The lowest BCUT2D eigenvalue weighted by Crippen LogP contribution is -2.12. The van der Waals surface area contributed by atoms with Crippen LogP contribution in [0, 0.1) is 0 Å². The first-order valence-electron chi connectivity index (χ1n) is 6.50. The summed E-state index contributed by atoms with van der Waals surface area (Å²) in [5.41, 5.74) is 2.88. The van der Waals surface area contributed by atoms with Crippen molar-refractivity contribution in [1.82, 2.24) is 14.8 Å². The second kappa shape index (κ2) is 3.82. The molecule has 1 heterocycles. The number of fused-ring (bicyclic) bond motifs is 1. The Morgan fingerprint density at radius 3 is 2.33 bits per heavy atom. The van der Waals surface area contributed by atoms with Crippen molar-refractivity contribution in [1.29, 1.82) is 0 Å². The van der Waals surface area contributed by atoms with Gasteiger partial charge in [-0.3, -0.25) is 4.57 Å². The Morgan fingerprint density at radius 1 is 1.06 bits per heavy atom. The Kier molecular flexibility index (Phi) is 2.24. The van der Waals surface area contributed by atoms with Crippen LogP contribution >= 0.6 is 11.6 Å². The first kappa shape index (κ1) is 10.6. The number of aromatic nitrogens is 3. The zero-order valence-corrected chi connectivity index (χ0v) is 10.8. The van der Waals surface area contributed by atoms with Gasteiger partial charge in [0.1, 0.15) is 5.82 Å². The molecule has 4 rings (SSSR count). The molecule has 1 aromatic carbocycles. The summed E-state index contributed by atoms with van der Waals surface area (Å²) in [6.45, 7) is 0. The Bertz CT molecular complexity index is 576. The van der Waals surface area contributed by atoms with Crippen LogP contribution in [0.3, 0.4) is 0 Å². The Hall–Kier alpha value is -1.35. The first-order valence-corrected chi connectivity index (χ1v) is 6.88. The zero-order valence-electron chi connectivity index (χ0n) is 10.0. The summed E-state index contributed by atoms with van der Waals surface area (Å²) in [6.07, 6.45) is 4.56. The lowest BCUT2D eigenvalue weighted by atomic mass is 10.1. The minimum absolute atomic E-state index is 0.403. The lowest BCUT2D eigenvalue weighted by molar-refractivity contribution is 0.507. The molecular formula is C14H14ClN3. The summed E-state index contributed by atoms with van der Waals surface area (Å²) in [4.78, 5) is 0. The molecule has 2 aromatic rings. The van der Waals surface area contributed by atoms with Crippen LogP contribution in [-0.4, -0.2) is 14.8 Å². The smallest absolute Gasteiger partial charge is 0.225 e. The third kappa shape index (κ3) is 1.57. The quantitative estimate of drug-likeness (QED) is 0.830. The molecule has 92 valence electrons. The fraction of sp³-hybridized carbons (Fsp3) is 0.429. The Balaban J connectivity index is 1.72. The van der Waals surface area contributed by atoms with Gasteiger partial charge in [-0.15, -0.1) is 10.2 Å². The van der Waals surface area contributed by atoms with Gasteiger partial charge in [0.15, 0.2) is 0 Å². The fourth-order valence-corrected chi connectivity index (χ4v) is 3.22. The highest BCUT2D eigenvalue weighted by Gasteiger charge is 2.34. The van der Waals surface area contributed by atoms with Crippen molar-refractivity contribution in [2.24, 2.45) is 0 Å². The molecular weight excluding hydrogens is 246 g/mol. The minimum Gasteiger partial charge on any atom is -0.298 e. The molecule has 3 nitrogen and oxygen atoms in total. The summed E-state index contributed by atoms with van der Waals surface area (Å²) < 4.78 is 2.17. The predicted octanol–water partition coefficient (Wildman–Crippen LogP) is 3.15. The van der Waals surface area contributed by atoms with Gasteiger partial charge in [0.2, 0.25) is 5.28 Å². The third-order valence-electron chi connectivity index (χ3n) is 4.02. The van der Waals surface area contributed by atoms with Crippen molar-refractivity contribution >= 4 is 11.6 Å². The van der Waals surface area contributed by atoms with Crippen molar-refractivity contribution in [3.8, 4) is 0 Å². The lowest BCUT2D eigenvalue weighted by Gasteiger charge is -2.14. The Labute approximate surface area is 111 Å². The van der Waals surface area contributed by atoms with Crippen LogP contribution in [0.25, 0.3) is 0 Å². The van der Waals surface area contributed by atoms with Crippen molar-refractivity contribution in [2.75, 3.05) is 0 Å². The number of nitrogens with zero attached hydrogens (tertiary/aromatic N) is 3. The standard InChI is InChI=1S/C14H14ClN3/c15-14-17-16-13(9-5-6-9)18(14)12-7-10-3-1-2-4-11(10)8-12/h1-4,9,12H,5-8H2. The van der Waals surface area contributed by atoms with E-state index < -0.39 is 0 Å². The van der Waals surface area contributed by atoms with E-state index >= 15 is 0 Å². The molecule has 0 N–H and O–H groups in total. The molecule has 0 bridgehead atoms. The molecule has 2 aliphatic carbocycles. The molecule has 0 amide bonds. The number of rotatable bonds is 2. The van der Waals surface area contributed by atoms with Gasteiger partial charge in [0.25, 0.3) is 0 Å². The molecule has 0 unspecified atom stereocenters. The highest BCUT2D eigenvalue weighted by molar-refractivity contribution is 6.28. The Morgan fingerprint density at radius 2 is 1.72 bits per heavy atom. The molecule has 0 atom stereocenters. The molecule has 0 radical (unpaired) electrons. The molecule has 1 saturated carbocycles. The van der Waals surface area contributed by atoms with Crippen molar-refractivity contribution < 1.29 is 0 Å². The normalized spacial score (nSPS) is 19.2. The third-order valence-corrected chi connectivity index (χ3v) is 4.28. The number of hydrogen-bond donors (Lipinski definition) is 0. The van der Waals surface area contributed by atoms with E-state index in [0.717, 1.165) is 18.7 Å². The maximum absolute atomic E-state index is 6.23. The van der Waals surface area contributed by atoms with Gasteiger partial charge in [-0.05, 0) is 48.4 Å². The fourth-order valence-electron chi connectivity index (χ4n) is 2.96. The summed E-state index contributed by atoms with van der Waals surface area (Å²) in [6, 6.07) is 9.04. The molecule has 18 heavy (non-hydrogen) atoms. The van der Waals surface area contributed by atoms with Crippen molar-refractivity contribution in [3.05, 3.63) is 46.5 Å². The van der Waals surface area contributed by atoms with Crippen LogP contribution in [0.1, 0.15) is 41.8 Å². The van der Waals surface area contributed by atoms with Crippen molar-refractivity contribution in [3.63, 3.8) is 0 Å². The predicted molar refractivity (Wildman–Crippen MR) is 69.9 cm³/mol. The van der Waals surface area contributed by atoms with Gasteiger partial charge < -0.3 is 0 Å². The van der Waals surface area contributed by atoms with Gasteiger partial charge >= 0.3 is 0 Å². The van der Waals surface area contributed by atoms with Crippen molar-refractivity contribution in [2.45, 2.75) is 37.6 Å². The van der Waals surface area contributed by atoms with Gasteiger partial charge in [0, 0.05) is 12.0 Å².